The summed E-state index contributed by atoms with van der Waals surface area (Å²) in [5.74, 6) is -0.214. The lowest BCUT2D eigenvalue weighted by atomic mass is 10.2. The van der Waals surface area contributed by atoms with Gasteiger partial charge < -0.3 is 9.30 Å². The van der Waals surface area contributed by atoms with Gasteiger partial charge in [-0.2, -0.15) is 0 Å². The van der Waals surface area contributed by atoms with Crippen LogP contribution in [0.2, 0.25) is 5.02 Å². The van der Waals surface area contributed by atoms with Crippen LogP contribution in [0.4, 0.5) is 0 Å². The van der Waals surface area contributed by atoms with Gasteiger partial charge in [-0.1, -0.05) is 11.6 Å². The molecule has 130 valence electrons. The summed E-state index contributed by atoms with van der Waals surface area (Å²) >= 11 is 5.94. The molecule has 0 unspecified atom stereocenters. The van der Waals surface area contributed by atoms with Gasteiger partial charge in [-0.3, -0.25) is 13.9 Å². The van der Waals surface area contributed by atoms with Gasteiger partial charge in [0.25, 0.3) is 5.56 Å². The summed E-state index contributed by atoms with van der Waals surface area (Å²) in [5.41, 5.74) is 0.147. The highest BCUT2D eigenvalue weighted by atomic mass is 35.5. The average molecular weight is 363 g/mol. The third-order valence-electron chi connectivity index (χ3n) is 3.88. The fourth-order valence-electron chi connectivity index (χ4n) is 2.50. The number of imidazole rings is 1. The van der Waals surface area contributed by atoms with Crippen LogP contribution in [0, 0.1) is 6.92 Å². The van der Waals surface area contributed by atoms with Crippen molar-refractivity contribution in [2.45, 2.75) is 13.5 Å². The number of hydrogen-bond acceptors (Lipinski definition) is 5. The Morgan fingerprint density at radius 2 is 1.96 bits per heavy atom. The minimum absolute atomic E-state index is 0.161. The second-order valence-corrected chi connectivity index (χ2v) is 6.04. The van der Waals surface area contributed by atoms with E-state index in [1.807, 2.05) is 0 Å². The van der Waals surface area contributed by atoms with Crippen molar-refractivity contribution in [3.05, 3.63) is 56.0 Å². The number of aromatic nitrogens is 4. The van der Waals surface area contributed by atoms with Gasteiger partial charge in [0.15, 0.2) is 11.2 Å². The molecule has 0 amide bonds. The van der Waals surface area contributed by atoms with Crippen molar-refractivity contribution in [3.63, 3.8) is 0 Å². The predicted molar refractivity (Wildman–Crippen MR) is 92.0 cm³/mol. The Balaban J connectivity index is 1.93. The summed E-state index contributed by atoms with van der Waals surface area (Å²) < 4.78 is 8.85. The second kappa shape index (κ2) is 6.21. The van der Waals surface area contributed by atoms with Gasteiger partial charge in [-0.25, -0.2) is 14.6 Å². The van der Waals surface area contributed by atoms with E-state index in [1.54, 1.807) is 25.1 Å². The largest absolute Gasteiger partial charge is 0.425 e. The number of esters is 1. The molecule has 2 heterocycles. The van der Waals surface area contributed by atoms with Crippen molar-refractivity contribution < 1.29 is 9.53 Å². The molecule has 25 heavy (non-hydrogen) atoms. The normalized spacial score (nSPS) is 11.0. The van der Waals surface area contributed by atoms with E-state index in [0.29, 0.717) is 10.8 Å². The maximum absolute atomic E-state index is 12.3. The van der Waals surface area contributed by atoms with Gasteiger partial charge >= 0.3 is 11.7 Å². The van der Waals surface area contributed by atoms with Crippen molar-refractivity contribution >= 4 is 28.7 Å². The lowest BCUT2D eigenvalue weighted by molar-refractivity contribution is -0.135. The van der Waals surface area contributed by atoms with E-state index < -0.39 is 17.2 Å². The molecule has 0 saturated carbocycles. The van der Waals surface area contributed by atoms with Crippen LogP contribution in [0.5, 0.6) is 5.75 Å². The minimum atomic E-state index is -0.572. The van der Waals surface area contributed by atoms with E-state index in [1.165, 1.54) is 29.6 Å². The molecule has 1 aromatic carbocycles. The van der Waals surface area contributed by atoms with E-state index in [0.717, 1.165) is 10.1 Å². The second-order valence-electron chi connectivity index (χ2n) is 5.64. The Kier molecular flexibility index (Phi) is 4.22. The Labute approximate surface area is 146 Å². The molecule has 0 bridgehead atoms. The van der Waals surface area contributed by atoms with Gasteiger partial charge in [0, 0.05) is 19.1 Å². The smallest absolute Gasteiger partial charge is 0.332 e. The van der Waals surface area contributed by atoms with E-state index in [2.05, 4.69) is 4.98 Å². The molecule has 3 rings (SSSR count). The molecule has 3 aromatic rings. The molecule has 0 aliphatic heterocycles. The van der Waals surface area contributed by atoms with Crippen LogP contribution in [-0.4, -0.2) is 24.7 Å². The van der Waals surface area contributed by atoms with E-state index in [4.69, 9.17) is 16.3 Å². The monoisotopic (exact) mass is 362 g/mol. The summed E-state index contributed by atoms with van der Waals surface area (Å²) in [6.45, 7) is 1.58. The minimum Gasteiger partial charge on any atom is -0.425 e. The Morgan fingerprint density at radius 3 is 2.64 bits per heavy atom. The molecule has 0 spiro atoms. The van der Waals surface area contributed by atoms with Crippen LogP contribution >= 0.6 is 11.6 Å². The zero-order chi connectivity index (χ0) is 18.3. The van der Waals surface area contributed by atoms with Gasteiger partial charge in [-0.05, 0) is 30.7 Å². The number of nitrogens with zero attached hydrogens (tertiary/aromatic N) is 4. The van der Waals surface area contributed by atoms with Gasteiger partial charge in [-0.15, -0.1) is 0 Å². The number of rotatable bonds is 3. The topological polar surface area (TPSA) is 88.1 Å². The molecular weight excluding hydrogens is 348 g/mol. The van der Waals surface area contributed by atoms with Crippen LogP contribution in [0.15, 0.2) is 34.1 Å². The molecule has 2 aromatic heterocycles. The van der Waals surface area contributed by atoms with Gasteiger partial charge in [0.2, 0.25) is 0 Å². The standard InChI is InChI=1S/C16H15ClN4O4/c1-9-6-10(4-5-11(9)17)25-12(22)7-21-8-18-14-13(21)15(23)20(3)16(24)19(14)2/h4-6,8H,7H2,1-3H3. The highest BCUT2D eigenvalue weighted by Crippen LogP contribution is 2.21. The van der Waals surface area contributed by atoms with Crippen LogP contribution in [-0.2, 0) is 25.4 Å². The number of halogens is 1. The van der Waals surface area contributed by atoms with Gasteiger partial charge in [0.1, 0.15) is 12.3 Å². The molecule has 0 atom stereocenters. The van der Waals surface area contributed by atoms with Crippen molar-refractivity contribution in [2.24, 2.45) is 14.1 Å². The molecular formula is C16H15ClN4O4. The quantitative estimate of drug-likeness (QED) is 0.512. The number of carbonyl (C=O) groups is 1. The molecule has 8 nitrogen and oxygen atoms in total. The highest BCUT2D eigenvalue weighted by Gasteiger charge is 2.16. The first-order valence-electron chi connectivity index (χ1n) is 7.37. The lowest BCUT2D eigenvalue weighted by Gasteiger charge is -2.08. The van der Waals surface area contributed by atoms with Crippen LogP contribution in [0.25, 0.3) is 11.2 Å². The zero-order valence-electron chi connectivity index (χ0n) is 13.8. The molecule has 0 aliphatic carbocycles. The fourth-order valence-corrected chi connectivity index (χ4v) is 2.62. The van der Waals surface area contributed by atoms with E-state index in [9.17, 15) is 14.4 Å². The third kappa shape index (κ3) is 2.96. The van der Waals surface area contributed by atoms with Crippen molar-refractivity contribution in [2.75, 3.05) is 0 Å². The van der Waals surface area contributed by atoms with E-state index >= 15 is 0 Å². The van der Waals surface area contributed by atoms with Crippen molar-refractivity contribution in [3.8, 4) is 5.75 Å². The maximum atomic E-state index is 12.3. The summed E-state index contributed by atoms with van der Waals surface area (Å²) in [5, 5.41) is 0.574. The van der Waals surface area contributed by atoms with Crippen LogP contribution in [0.1, 0.15) is 5.56 Å². The summed E-state index contributed by atoms with van der Waals surface area (Å²) in [6.07, 6.45) is 1.33. The first kappa shape index (κ1) is 17.0. The molecule has 0 aliphatic rings. The Morgan fingerprint density at radius 1 is 1.24 bits per heavy atom. The van der Waals surface area contributed by atoms with Crippen molar-refractivity contribution in [1.82, 2.24) is 18.7 Å². The lowest BCUT2D eigenvalue weighted by Crippen LogP contribution is -2.37. The highest BCUT2D eigenvalue weighted by molar-refractivity contribution is 6.31. The zero-order valence-corrected chi connectivity index (χ0v) is 14.6. The Hall–Kier alpha value is -2.87. The average Bonchev–Trinajstić information content (AvgIpc) is 2.98. The molecule has 0 N–H and O–H groups in total. The molecule has 9 heteroatoms. The number of hydrogen-bond donors (Lipinski definition) is 0. The van der Waals surface area contributed by atoms with Gasteiger partial charge in [0.05, 0.1) is 6.33 Å². The number of benzene rings is 1. The summed E-state index contributed by atoms with van der Waals surface area (Å²) in [4.78, 5) is 40.5. The fraction of sp³-hybridized carbons (Fsp3) is 0.250. The maximum Gasteiger partial charge on any atom is 0.332 e. The molecule has 0 fully saturated rings. The summed E-state index contributed by atoms with van der Waals surface area (Å²) in [6, 6.07) is 4.87. The van der Waals surface area contributed by atoms with Crippen LogP contribution in [0.3, 0.4) is 0 Å². The number of fused-ring (bicyclic) bond motifs is 1. The first-order chi connectivity index (χ1) is 11.8. The SMILES string of the molecule is Cc1cc(OC(=O)Cn2cnc3c2c(=O)n(C)c(=O)n3C)ccc1Cl. The number of aryl methyl sites for hydroxylation is 2. The molecule has 0 saturated heterocycles. The third-order valence-corrected chi connectivity index (χ3v) is 4.30. The predicted octanol–water partition coefficient (Wildman–Crippen LogP) is 1.00. The first-order valence-corrected chi connectivity index (χ1v) is 7.75. The van der Waals surface area contributed by atoms with Crippen molar-refractivity contribution in [1.29, 1.82) is 0 Å². The number of ether oxygens (including phenoxy) is 1. The summed E-state index contributed by atoms with van der Waals surface area (Å²) in [7, 11) is 2.88. The van der Waals surface area contributed by atoms with Crippen LogP contribution < -0.4 is 16.0 Å². The molecule has 0 radical (unpaired) electrons. The number of carbonyl (C=O) groups excluding carboxylic acids is 1. The van der Waals surface area contributed by atoms with E-state index in [-0.39, 0.29) is 17.7 Å². The Bertz CT molecular complexity index is 1110.